The lowest BCUT2D eigenvalue weighted by atomic mass is 10.0. The van der Waals surface area contributed by atoms with E-state index in [-0.39, 0.29) is 5.54 Å². The molecule has 1 heterocycles. The smallest absolute Gasteiger partial charge is 0.249 e. The van der Waals surface area contributed by atoms with Crippen LogP contribution in [-0.4, -0.2) is 20.7 Å². The van der Waals surface area contributed by atoms with Gasteiger partial charge in [0.2, 0.25) is 5.95 Å². The van der Waals surface area contributed by atoms with E-state index >= 15 is 0 Å². The summed E-state index contributed by atoms with van der Waals surface area (Å²) < 4.78 is 0. The predicted molar refractivity (Wildman–Crippen MR) is 91.7 cm³/mol. The molecule has 5 heteroatoms. The third-order valence-corrected chi connectivity index (χ3v) is 3.30. The summed E-state index contributed by atoms with van der Waals surface area (Å²) in [6.45, 7) is 10.6. The normalized spacial score (nSPS) is 11.3. The van der Waals surface area contributed by atoms with Gasteiger partial charge < -0.3 is 10.6 Å². The second kappa shape index (κ2) is 6.73. The molecule has 0 spiro atoms. The fraction of sp³-hybridized carbons (Fsp3) is 0.471. The van der Waals surface area contributed by atoms with Crippen molar-refractivity contribution in [2.75, 3.05) is 10.6 Å². The Kier molecular flexibility index (Phi) is 4.96. The van der Waals surface area contributed by atoms with E-state index < -0.39 is 0 Å². The van der Waals surface area contributed by atoms with Gasteiger partial charge in [-0.2, -0.15) is 10.1 Å². The summed E-state index contributed by atoms with van der Waals surface area (Å²) in [5.41, 5.74) is 3.56. The summed E-state index contributed by atoms with van der Waals surface area (Å²) in [6.07, 6.45) is 3.57. The molecule has 0 atom stereocenters. The number of hydrogen-bond donors (Lipinski definition) is 2. The van der Waals surface area contributed by atoms with Gasteiger partial charge in [-0.05, 0) is 44.7 Å². The van der Waals surface area contributed by atoms with Gasteiger partial charge in [-0.1, -0.05) is 32.0 Å². The van der Waals surface area contributed by atoms with Crippen LogP contribution in [0.2, 0.25) is 0 Å². The zero-order valence-corrected chi connectivity index (χ0v) is 14.1. The third kappa shape index (κ3) is 4.16. The van der Waals surface area contributed by atoms with E-state index in [0.29, 0.717) is 5.95 Å². The highest BCUT2D eigenvalue weighted by atomic mass is 15.3. The Hall–Kier alpha value is -2.17. The summed E-state index contributed by atoms with van der Waals surface area (Å²) >= 11 is 0. The van der Waals surface area contributed by atoms with Crippen LogP contribution in [0.4, 0.5) is 17.5 Å². The highest BCUT2D eigenvalue weighted by Gasteiger charge is 2.12. The highest BCUT2D eigenvalue weighted by Crippen LogP contribution is 2.25. The minimum absolute atomic E-state index is 0.0663. The molecule has 0 amide bonds. The maximum Gasteiger partial charge on any atom is 0.249 e. The van der Waals surface area contributed by atoms with Crippen LogP contribution < -0.4 is 10.6 Å². The minimum Gasteiger partial charge on any atom is -0.364 e. The zero-order chi connectivity index (χ0) is 16.2. The molecule has 0 saturated heterocycles. The molecule has 0 aliphatic carbocycles. The molecular formula is C17H25N5. The van der Waals surface area contributed by atoms with Crippen LogP contribution in [0.5, 0.6) is 0 Å². The minimum atomic E-state index is -0.0663. The molecule has 22 heavy (non-hydrogen) atoms. The van der Waals surface area contributed by atoms with Crippen LogP contribution in [0.15, 0.2) is 24.4 Å². The van der Waals surface area contributed by atoms with Crippen LogP contribution in [0.1, 0.15) is 45.7 Å². The average molecular weight is 299 g/mol. The van der Waals surface area contributed by atoms with Gasteiger partial charge >= 0.3 is 0 Å². The van der Waals surface area contributed by atoms with Crippen LogP contribution in [-0.2, 0) is 12.8 Å². The van der Waals surface area contributed by atoms with Crippen LogP contribution >= 0.6 is 0 Å². The molecule has 1 aromatic carbocycles. The molecule has 5 nitrogen and oxygen atoms in total. The van der Waals surface area contributed by atoms with Crippen molar-refractivity contribution in [3.63, 3.8) is 0 Å². The molecule has 2 rings (SSSR count). The molecule has 0 bridgehead atoms. The molecular weight excluding hydrogens is 274 g/mol. The molecule has 0 unspecified atom stereocenters. The number of nitrogens with zero attached hydrogens (tertiary/aromatic N) is 3. The number of rotatable bonds is 5. The monoisotopic (exact) mass is 299 g/mol. The van der Waals surface area contributed by atoms with Crippen molar-refractivity contribution in [2.45, 2.75) is 53.0 Å². The first-order valence-electron chi connectivity index (χ1n) is 7.78. The Balaban J connectivity index is 2.30. The lowest BCUT2D eigenvalue weighted by molar-refractivity contribution is 0.629. The lowest BCUT2D eigenvalue weighted by Crippen LogP contribution is -2.27. The predicted octanol–water partition coefficient (Wildman–Crippen LogP) is 3.95. The van der Waals surface area contributed by atoms with E-state index in [2.05, 4.69) is 78.6 Å². The Bertz CT molecular complexity index is 609. The van der Waals surface area contributed by atoms with Gasteiger partial charge in [0.25, 0.3) is 0 Å². The van der Waals surface area contributed by atoms with Crippen molar-refractivity contribution in [3.05, 3.63) is 35.5 Å². The van der Waals surface area contributed by atoms with Gasteiger partial charge in [0.15, 0.2) is 5.82 Å². The summed E-state index contributed by atoms with van der Waals surface area (Å²) in [5.74, 6) is 1.24. The number of benzene rings is 1. The van der Waals surface area contributed by atoms with Crippen molar-refractivity contribution in [3.8, 4) is 0 Å². The summed E-state index contributed by atoms with van der Waals surface area (Å²) in [6, 6.07) is 6.36. The number of nitrogens with one attached hydrogen (secondary N) is 2. The molecule has 0 radical (unpaired) electrons. The fourth-order valence-electron chi connectivity index (χ4n) is 2.32. The van der Waals surface area contributed by atoms with E-state index in [4.69, 9.17) is 0 Å². The van der Waals surface area contributed by atoms with Crippen molar-refractivity contribution in [2.24, 2.45) is 0 Å². The molecule has 0 aliphatic rings. The maximum absolute atomic E-state index is 4.51. The van der Waals surface area contributed by atoms with Crippen LogP contribution in [0.25, 0.3) is 0 Å². The molecule has 0 aliphatic heterocycles. The Morgan fingerprint density at radius 2 is 1.68 bits per heavy atom. The summed E-state index contributed by atoms with van der Waals surface area (Å²) in [5, 5.41) is 14.8. The van der Waals surface area contributed by atoms with E-state index in [1.165, 1.54) is 11.1 Å². The number of hydrogen-bond acceptors (Lipinski definition) is 5. The Morgan fingerprint density at radius 1 is 1.05 bits per heavy atom. The number of aromatic nitrogens is 3. The summed E-state index contributed by atoms with van der Waals surface area (Å²) in [4.78, 5) is 4.51. The first-order chi connectivity index (χ1) is 10.4. The second-order valence-electron chi connectivity index (χ2n) is 6.32. The number of para-hydroxylation sites is 1. The standard InChI is InChI=1S/C17H25N5/c1-6-12-9-8-10-13(7-2)15(12)20-16-19-14(11-18-22-16)21-17(3,4)5/h8-11H,6-7H2,1-5H3,(H2,19,20,21,22). The zero-order valence-electron chi connectivity index (χ0n) is 14.1. The van der Waals surface area contributed by atoms with Crippen LogP contribution in [0, 0.1) is 0 Å². The SMILES string of the molecule is CCc1cccc(CC)c1Nc1nncc(NC(C)(C)C)n1. The quantitative estimate of drug-likeness (QED) is 0.875. The Labute approximate surface area is 132 Å². The van der Waals surface area contributed by atoms with Gasteiger partial charge in [-0.15, -0.1) is 5.10 Å². The average Bonchev–Trinajstić information content (AvgIpc) is 2.46. The van der Waals surface area contributed by atoms with Gasteiger partial charge in [0, 0.05) is 11.2 Å². The second-order valence-corrected chi connectivity index (χ2v) is 6.32. The number of anilines is 3. The van der Waals surface area contributed by atoms with Crippen molar-refractivity contribution < 1.29 is 0 Å². The molecule has 118 valence electrons. The van der Waals surface area contributed by atoms with Gasteiger partial charge in [-0.3, -0.25) is 0 Å². The highest BCUT2D eigenvalue weighted by molar-refractivity contribution is 5.64. The lowest BCUT2D eigenvalue weighted by Gasteiger charge is -2.21. The van der Waals surface area contributed by atoms with Crippen molar-refractivity contribution in [1.82, 2.24) is 15.2 Å². The van der Waals surface area contributed by atoms with Crippen LogP contribution in [0.3, 0.4) is 0 Å². The van der Waals surface area contributed by atoms with Crippen molar-refractivity contribution >= 4 is 17.5 Å². The summed E-state index contributed by atoms with van der Waals surface area (Å²) in [7, 11) is 0. The van der Waals surface area contributed by atoms with Gasteiger partial charge in [0.05, 0.1) is 6.20 Å². The topological polar surface area (TPSA) is 62.7 Å². The molecule has 2 N–H and O–H groups in total. The Morgan fingerprint density at radius 3 is 2.23 bits per heavy atom. The maximum atomic E-state index is 4.51. The van der Waals surface area contributed by atoms with Crippen molar-refractivity contribution in [1.29, 1.82) is 0 Å². The van der Waals surface area contributed by atoms with Gasteiger partial charge in [-0.25, -0.2) is 0 Å². The molecule has 1 aromatic heterocycles. The largest absolute Gasteiger partial charge is 0.364 e. The number of aryl methyl sites for hydroxylation is 2. The molecule has 0 saturated carbocycles. The first kappa shape index (κ1) is 16.2. The third-order valence-electron chi connectivity index (χ3n) is 3.30. The van der Waals surface area contributed by atoms with E-state index in [9.17, 15) is 0 Å². The molecule has 2 aromatic rings. The first-order valence-corrected chi connectivity index (χ1v) is 7.78. The van der Waals surface area contributed by atoms with E-state index in [0.717, 1.165) is 24.3 Å². The van der Waals surface area contributed by atoms with Gasteiger partial charge in [0.1, 0.15) is 0 Å². The molecule has 0 fully saturated rings. The van der Waals surface area contributed by atoms with E-state index in [1.54, 1.807) is 6.20 Å². The fourth-order valence-corrected chi connectivity index (χ4v) is 2.32. The van der Waals surface area contributed by atoms with E-state index in [1.807, 2.05) is 0 Å².